The van der Waals surface area contributed by atoms with Gasteiger partial charge < -0.3 is 28.8 Å². The fraction of sp³-hybridized carbons (Fsp3) is 0.385. The monoisotopic (exact) mass is 636 g/mol. The molecule has 246 valence electrons. The van der Waals surface area contributed by atoms with Crippen LogP contribution in [-0.2, 0) is 32.3 Å². The molecule has 4 aromatic carbocycles. The third-order valence-electron chi connectivity index (χ3n) is 10.0. The summed E-state index contributed by atoms with van der Waals surface area (Å²) in [5.74, 6) is 4.65. The lowest BCUT2D eigenvalue weighted by atomic mass is 9.86. The van der Waals surface area contributed by atoms with Crippen molar-refractivity contribution in [1.82, 2.24) is 9.80 Å². The van der Waals surface area contributed by atoms with Gasteiger partial charge in [-0.2, -0.15) is 0 Å². The van der Waals surface area contributed by atoms with Crippen molar-refractivity contribution in [3.63, 3.8) is 0 Å². The number of rotatable bonds is 5. The summed E-state index contributed by atoms with van der Waals surface area (Å²) in [5, 5.41) is 10.6. The van der Waals surface area contributed by atoms with Crippen LogP contribution in [0.2, 0.25) is 0 Å². The Kier molecular flexibility index (Phi) is 8.75. The van der Waals surface area contributed by atoms with Gasteiger partial charge in [0, 0.05) is 36.3 Å². The molecule has 0 aliphatic carbocycles. The molecule has 8 nitrogen and oxygen atoms in total. The maximum Gasteiger partial charge on any atom is 0.204 e. The highest BCUT2D eigenvalue weighted by Crippen LogP contribution is 2.51. The van der Waals surface area contributed by atoms with Crippen molar-refractivity contribution in [3.05, 3.63) is 99.6 Å². The van der Waals surface area contributed by atoms with Crippen LogP contribution >= 0.6 is 0 Å². The van der Waals surface area contributed by atoms with E-state index in [0.29, 0.717) is 47.5 Å². The summed E-state index contributed by atoms with van der Waals surface area (Å²) in [5.41, 5.74) is 7.80. The molecule has 2 atom stereocenters. The third-order valence-corrected chi connectivity index (χ3v) is 10.0. The number of hydrogen-bond acceptors (Lipinski definition) is 8. The van der Waals surface area contributed by atoms with E-state index in [1.165, 1.54) is 22.3 Å². The normalized spacial score (nSPS) is 19.1. The number of ether oxygens (including phenoxy) is 5. The highest BCUT2D eigenvalue weighted by atomic mass is 16.5. The van der Waals surface area contributed by atoms with Crippen molar-refractivity contribution in [3.8, 4) is 40.2 Å². The third kappa shape index (κ3) is 5.90. The number of fused-ring (bicyclic) bond motifs is 2. The molecule has 0 radical (unpaired) electrons. The molecule has 0 fully saturated rings. The summed E-state index contributed by atoms with van der Waals surface area (Å²) in [6.07, 6.45) is 3.29. The largest absolute Gasteiger partial charge is 0.493 e. The van der Waals surface area contributed by atoms with E-state index in [1.54, 1.807) is 14.2 Å². The van der Waals surface area contributed by atoms with E-state index in [0.717, 1.165) is 54.8 Å². The van der Waals surface area contributed by atoms with Gasteiger partial charge in [0.1, 0.15) is 11.5 Å². The minimum absolute atomic E-state index is 0.0210. The molecule has 4 aliphatic rings. The van der Waals surface area contributed by atoms with E-state index >= 15 is 0 Å². The van der Waals surface area contributed by atoms with Crippen LogP contribution in [-0.4, -0.2) is 62.9 Å². The Bertz CT molecular complexity index is 1770. The fourth-order valence-corrected chi connectivity index (χ4v) is 7.42. The van der Waals surface area contributed by atoms with Crippen molar-refractivity contribution >= 4 is 0 Å². The number of nitrogens with zero attached hydrogens (tertiary/aromatic N) is 2. The van der Waals surface area contributed by atoms with E-state index in [2.05, 4.69) is 66.4 Å². The van der Waals surface area contributed by atoms with Crippen LogP contribution in [0.15, 0.2) is 60.7 Å². The first-order valence-corrected chi connectivity index (χ1v) is 16.6. The second-order valence-electron chi connectivity index (χ2n) is 12.8. The SMILES string of the molecule is CCOc1c(OC)cc2c3c1Oc1cc4c(cc1CO)CCN(C)[C@H]4Cc1ccc(cc1)Oc1cc(ccc1OC)C[C@@H]3N(C)CC2. The van der Waals surface area contributed by atoms with Gasteiger partial charge in [-0.05, 0) is 117 Å². The molecule has 0 saturated heterocycles. The van der Waals surface area contributed by atoms with E-state index in [9.17, 15) is 5.11 Å². The first-order valence-electron chi connectivity index (χ1n) is 16.6. The molecule has 8 rings (SSSR count). The zero-order chi connectivity index (χ0) is 32.7. The van der Waals surface area contributed by atoms with Crippen LogP contribution in [0.25, 0.3) is 0 Å². The zero-order valence-corrected chi connectivity index (χ0v) is 28.0. The predicted molar refractivity (Wildman–Crippen MR) is 182 cm³/mol. The fourth-order valence-electron chi connectivity index (χ4n) is 7.42. The van der Waals surface area contributed by atoms with Gasteiger partial charge in [-0.3, -0.25) is 9.80 Å². The molecule has 1 N–H and O–H groups in total. The maximum atomic E-state index is 10.6. The van der Waals surface area contributed by atoms with Crippen molar-refractivity contribution in [2.75, 3.05) is 48.0 Å². The van der Waals surface area contributed by atoms with Crippen molar-refractivity contribution in [1.29, 1.82) is 0 Å². The van der Waals surface area contributed by atoms with Crippen LogP contribution in [0.4, 0.5) is 0 Å². The Balaban J connectivity index is 1.47. The average molecular weight is 637 g/mol. The molecule has 4 heterocycles. The first-order chi connectivity index (χ1) is 22.9. The Hall–Kier alpha value is -4.24. The highest BCUT2D eigenvalue weighted by Gasteiger charge is 2.34. The van der Waals surface area contributed by atoms with Crippen molar-refractivity contribution in [2.45, 2.75) is 51.3 Å². The number of hydrogen-bond donors (Lipinski definition) is 1. The zero-order valence-electron chi connectivity index (χ0n) is 28.0. The quantitative estimate of drug-likeness (QED) is 0.250. The lowest BCUT2D eigenvalue weighted by Crippen LogP contribution is -2.34. The van der Waals surface area contributed by atoms with Crippen molar-refractivity contribution in [2.24, 2.45) is 0 Å². The molecule has 0 saturated carbocycles. The number of aliphatic hydroxyl groups is 1. The van der Waals surface area contributed by atoms with Crippen LogP contribution in [0, 0.1) is 0 Å². The summed E-state index contributed by atoms with van der Waals surface area (Å²) in [6, 6.07) is 21.0. The lowest BCUT2D eigenvalue weighted by Gasteiger charge is -2.37. The highest BCUT2D eigenvalue weighted by molar-refractivity contribution is 5.63. The summed E-state index contributed by atoms with van der Waals surface area (Å²) in [4.78, 5) is 4.79. The minimum Gasteiger partial charge on any atom is -0.493 e. The second-order valence-corrected chi connectivity index (χ2v) is 12.8. The molecule has 0 spiro atoms. The number of aliphatic hydroxyl groups excluding tert-OH is 1. The first kappa shape index (κ1) is 31.4. The second kappa shape index (κ2) is 13.1. The standard InChI is InChI=1S/C39H44N2O6/c1-6-45-38-36(44-5)21-27-14-16-41(3)32-18-25-9-12-33(43-4)35(19-25)46-29-10-7-24(8-11-29)17-31-30-22-34(47-39(38)37(27)32)28(23-42)20-26(30)13-15-40(31)2/h7-12,19-22,31-32,42H,6,13-18,23H2,1-5H3/t31-,32-/m0/s1. The molecule has 8 heteroatoms. The average Bonchev–Trinajstić information content (AvgIpc) is 3.08. The van der Waals surface area contributed by atoms with Gasteiger partial charge in [0.05, 0.1) is 27.4 Å². The smallest absolute Gasteiger partial charge is 0.204 e. The molecule has 0 amide bonds. The Labute approximate surface area is 277 Å². The lowest BCUT2D eigenvalue weighted by molar-refractivity contribution is 0.218. The molecule has 4 aromatic rings. The number of likely N-dealkylation sites (N-methyl/N-ethyl adjacent to an activating group) is 2. The van der Waals surface area contributed by atoms with Gasteiger partial charge in [-0.1, -0.05) is 18.2 Å². The molecular formula is C39H44N2O6. The van der Waals surface area contributed by atoms with E-state index in [4.69, 9.17) is 23.7 Å². The molecule has 0 unspecified atom stereocenters. The molecule has 0 aromatic heterocycles. The van der Waals surface area contributed by atoms with E-state index in [1.807, 2.05) is 25.1 Å². The predicted octanol–water partition coefficient (Wildman–Crippen LogP) is 7.04. The van der Waals surface area contributed by atoms with Gasteiger partial charge in [-0.15, -0.1) is 0 Å². The minimum atomic E-state index is -0.126. The van der Waals surface area contributed by atoms with Gasteiger partial charge in [0.15, 0.2) is 23.0 Å². The van der Waals surface area contributed by atoms with Crippen LogP contribution < -0.4 is 23.7 Å². The van der Waals surface area contributed by atoms with E-state index < -0.39 is 0 Å². The maximum absolute atomic E-state index is 10.6. The molecule has 47 heavy (non-hydrogen) atoms. The van der Waals surface area contributed by atoms with Gasteiger partial charge in [0.25, 0.3) is 0 Å². The molecule has 4 aliphatic heterocycles. The Morgan fingerprint density at radius 2 is 1.47 bits per heavy atom. The summed E-state index contributed by atoms with van der Waals surface area (Å²) in [6.45, 7) is 4.12. The summed E-state index contributed by atoms with van der Waals surface area (Å²) in [7, 11) is 7.69. The van der Waals surface area contributed by atoms with Gasteiger partial charge >= 0.3 is 0 Å². The van der Waals surface area contributed by atoms with Crippen LogP contribution in [0.3, 0.4) is 0 Å². The topological polar surface area (TPSA) is 72.9 Å². The molecular weight excluding hydrogens is 592 g/mol. The Morgan fingerprint density at radius 3 is 2.19 bits per heavy atom. The van der Waals surface area contributed by atoms with E-state index in [-0.39, 0.29) is 18.7 Å². The Morgan fingerprint density at radius 1 is 0.766 bits per heavy atom. The number of methoxy groups -OCH3 is 2. The van der Waals surface area contributed by atoms with Gasteiger partial charge in [-0.25, -0.2) is 0 Å². The van der Waals surface area contributed by atoms with Crippen LogP contribution in [0.1, 0.15) is 58.0 Å². The summed E-state index contributed by atoms with van der Waals surface area (Å²) < 4.78 is 31.5. The summed E-state index contributed by atoms with van der Waals surface area (Å²) >= 11 is 0. The van der Waals surface area contributed by atoms with Crippen LogP contribution in [0.5, 0.6) is 40.2 Å². The number of benzene rings is 4. The van der Waals surface area contributed by atoms with Crippen molar-refractivity contribution < 1.29 is 28.8 Å². The van der Waals surface area contributed by atoms with Gasteiger partial charge in [0.2, 0.25) is 5.75 Å². The molecule has 6 bridgehead atoms.